The average Bonchev–Trinajstić information content (AvgIpc) is 3.09. The second-order valence-corrected chi connectivity index (χ2v) is 5.14. The van der Waals surface area contributed by atoms with E-state index in [4.69, 9.17) is 16.3 Å². The van der Waals surface area contributed by atoms with Crippen molar-refractivity contribution in [1.29, 1.82) is 0 Å². The highest BCUT2D eigenvalue weighted by molar-refractivity contribution is 6.31. The number of aromatic amines is 1. The van der Waals surface area contributed by atoms with Crippen LogP contribution in [0.4, 0.5) is 0 Å². The number of H-pyrrole nitrogens is 1. The van der Waals surface area contributed by atoms with E-state index < -0.39 is 5.97 Å². The number of nitrogens with one attached hydrogen (secondary N) is 1. The minimum Gasteiger partial charge on any atom is -0.496 e. The summed E-state index contributed by atoms with van der Waals surface area (Å²) >= 11 is 6.05. The maximum absolute atomic E-state index is 11.4. The van der Waals surface area contributed by atoms with Gasteiger partial charge in [0.25, 0.3) is 0 Å². The Bertz CT molecular complexity index is 865. The first-order valence-corrected chi connectivity index (χ1v) is 6.92. The smallest absolute Gasteiger partial charge is 0.335 e. The van der Waals surface area contributed by atoms with E-state index in [1.807, 2.05) is 0 Å². The van der Waals surface area contributed by atoms with Gasteiger partial charge in [0.1, 0.15) is 5.75 Å². The van der Waals surface area contributed by atoms with Crippen LogP contribution in [0.2, 0.25) is 5.02 Å². The molecule has 0 saturated heterocycles. The summed E-state index contributed by atoms with van der Waals surface area (Å²) in [5.74, 6) is -0.101. The minimum atomic E-state index is -1.05. The molecule has 2 aromatic carbocycles. The van der Waals surface area contributed by atoms with E-state index in [1.54, 1.807) is 30.3 Å². The molecule has 0 amide bonds. The Labute approximate surface area is 135 Å². The number of rotatable bonds is 4. The third kappa shape index (κ3) is 3.00. The second kappa shape index (κ2) is 6.05. The zero-order chi connectivity index (χ0) is 16.4. The van der Waals surface area contributed by atoms with E-state index >= 15 is 0 Å². The van der Waals surface area contributed by atoms with Crippen molar-refractivity contribution < 1.29 is 14.6 Å². The van der Waals surface area contributed by atoms with Crippen molar-refractivity contribution in [2.45, 2.75) is 0 Å². The zero-order valence-electron chi connectivity index (χ0n) is 11.9. The number of ether oxygens (including phenoxy) is 1. The average molecular weight is 331 g/mol. The predicted octanol–water partition coefficient (Wildman–Crippen LogP) is 2.89. The van der Waals surface area contributed by atoms with Crippen LogP contribution in [0.1, 0.15) is 10.4 Å². The number of tetrazole rings is 1. The van der Waals surface area contributed by atoms with Gasteiger partial charge in [-0.25, -0.2) is 9.89 Å². The van der Waals surface area contributed by atoms with Gasteiger partial charge in [-0.2, -0.15) is 0 Å². The van der Waals surface area contributed by atoms with E-state index in [1.165, 1.54) is 13.2 Å². The SMILES string of the molecule is COc1ccc(Cl)cc1-c1cc(C(=O)O)cc(-c2nnn[nH]2)c1. The summed E-state index contributed by atoms with van der Waals surface area (Å²) < 4.78 is 5.33. The molecule has 0 fully saturated rings. The Balaban J connectivity index is 2.23. The summed E-state index contributed by atoms with van der Waals surface area (Å²) in [6.45, 7) is 0. The molecule has 3 aromatic rings. The van der Waals surface area contributed by atoms with Crippen molar-refractivity contribution in [3.05, 3.63) is 47.0 Å². The highest BCUT2D eigenvalue weighted by Gasteiger charge is 2.14. The lowest BCUT2D eigenvalue weighted by Crippen LogP contribution is -1.98. The highest BCUT2D eigenvalue weighted by Crippen LogP contribution is 2.35. The van der Waals surface area contributed by atoms with Crippen molar-refractivity contribution in [3.63, 3.8) is 0 Å². The van der Waals surface area contributed by atoms with Gasteiger partial charge in [-0.1, -0.05) is 11.6 Å². The molecule has 0 aliphatic heterocycles. The molecule has 8 heteroatoms. The fraction of sp³-hybridized carbons (Fsp3) is 0.0667. The number of aromatic nitrogens is 4. The van der Waals surface area contributed by atoms with Crippen LogP contribution >= 0.6 is 11.6 Å². The normalized spacial score (nSPS) is 10.5. The Hall–Kier alpha value is -2.93. The first-order chi connectivity index (χ1) is 11.1. The molecule has 0 atom stereocenters. The van der Waals surface area contributed by atoms with Gasteiger partial charge >= 0.3 is 5.97 Å². The fourth-order valence-electron chi connectivity index (χ4n) is 2.23. The molecule has 7 nitrogen and oxygen atoms in total. The van der Waals surface area contributed by atoms with Crippen molar-refractivity contribution in [2.24, 2.45) is 0 Å². The molecular formula is C15H11ClN4O3. The number of benzene rings is 2. The summed E-state index contributed by atoms with van der Waals surface area (Å²) in [6.07, 6.45) is 0. The van der Waals surface area contributed by atoms with Gasteiger partial charge < -0.3 is 9.84 Å². The molecule has 0 radical (unpaired) electrons. The molecule has 2 N–H and O–H groups in total. The van der Waals surface area contributed by atoms with Gasteiger partial charge in [0, 0.05) is 16.1 Å². The molecule has 0 aliphatic rings. The van der Waals surface area contributed by atoms with Crippen LogP contribution in [-0.4, -0.2) is 38.8 Å². The standard InChI is InChI=1S/C15H11ClN4O3/c1-23-13-3-2-11(16)7-12(13)8-4-9(14-17-19-20-18-14)6-10(5-8)15(21)22/h2-7H,1H3,(H,21,22)(H,17,18,19,20). The van der Waals surface area contributed by atoms with Crippen LogP contribution in [-0.2, 0) is 0 Å². The second-order valence-electron chi connectivity index (χ2n) is 4.70. The number of nitrogens with zero attached hydrogens (tertiary/aromatic N) is 3. The molecular weight excluding hydrogens is 320 g/mol. The van der Waals surface area contributed by atoms with Gasteiger partial charge in [0.05, 0.1) is 12.7 Å². The van der Waals surface area contributed by atoms with Gasteiger partial charge in [-0.3, -0.25) is 0 Å². The first-order valence-electron chi connectivity index (χ1n) is 6.55. The van der Waals surface area contributed by atoms with E-state index in [0.29, 0.717) is 33.3 Å². The molecule has 0 spiro atoms. The number of hydrogen-bond donors (Lipinski definition) is 2. The van der Waals surface area contributed by atoms with Crippen LogP contribution < -0.4 is 4.74 Å². The third-order valence-corrected chi connectivity index (χ3v) is 3.51. The Morgan fingerprint density at radius 1 is 1.22 bits per heavy atom. The van der Waals surface area contributed by atoms with E-state index in [9.17, 15) is 9.90 Å². The summed E-state index contributed by atoms with van der Waals surface area (Å²) in [6, 6.07) is 9.94. The number of hydrogen-bond acceptors (Lipinski definition) is 5. The molecule has 116 valence electrons. The minimum absolute atomic E-state index is 0.107. The molecule has 0 unspecified atom stereocenters. The van der Waals surface area contributed by atoms with Gasteiger partial charge in [0.15, 0.2) is 5.82 Å². The Morgan fingerprint density at radius 3 is 2.65 bits per heavy atom. The summed E-state index contributed by atoms with van der Waals surface area (Å²) in [5, 5.41) is 23.3. The number of methoxy groups -OCH3 is 1. The van der Waals surface area contributed by atoms with Gasteiger partial charge in [-0.05, 0) is 52.4 Å². The molecule has 0 bridgehead atoms. The quantitative estimate of drug-likeness (QED) is 0.762. The molecule has 1 heterocycles. The Kier molecular flexibility index (Phi) is 3.94. The zero-order valence-corrected chi connectivity index (χ0v) is 12.7. The van der Waals surface area contributed by atoms with Crippen LogP contribution in [0.15, 0.2) is 36.4 Å². The van der Waals surface area contributed by atoms with Crippen LogP contribution in [0.25, 0.3) is 22.5 Å². The molecule has 1 aromatic heterocycles. The summed E-state index contributed by atoms with van der Waals surface area (Å²) in [7, 11) is 1.54. The first kappa shape index (κ1) is 15.0. The number of halogens is 1. The number of carboxylic acid groups (broad SMARTS) is 1. The maximum atomic E-state index is 11.4. The molecule has 23 heavy (non-hydrogen) atoms. The highest BCUT2D eigenvalue weighted by atomic mass is 35.5. The van der Waals surface area contributed by atoms with Crippen LogP contribution in [0, 0.1) is 0 Å². The maximum Gasteiger partial charge on any atom is 0.335 e. The molecule has 3 rings (SSSR count). The van der Waals surface area contributed by atoms with Crippen LogP contribution in [0.5, 0.6) is 5.75 Å². The van der Waals surface area contributed by atoms with Crippen molar-refractivity contribution in [3.8, 4) is 28.3 Å². The van der Waals surface area contributed by atoms with E-state index in [2.05, 4.69) is 20.6 Å². The summed E-state index contributed by atoms with van der Waals surface area (Å²) in [4.78, 5) is 11.4. The van der Waals surface area contributed by atoms with Crippen LogP contribution in [0.3, 0.4) is 0 Å². The van der Waals surface area contributed by atoms with Crippen molar-refractivity contribution >= 4 is 17.6 Å². The summed E-state index contributed by atoms with van der Waals surface area (Å²) in [5.41, 5.74) is 1.97. The monoisotopic (exact) mass is 330 g/mol. The number of carboxylic acids is 1. The molecule has 0 aliphatic carbocycles. The largest absolute Gasteiger partial charge is 0.496 e. The topological polar surface area (TPSA) is 101 Å². The fourth-order valence-corrected chi connectivity index (χ4v) is 2.40. The van der Waals surface area contributed by atoms with Crippen molar-refractivity contribution in [1.82, 2.24) is 20.6 Å². The molecule has 0 saturated carbocycles. The van der Waals surface area contributed by atoms with Gasteiger partial charge in [0.2, 0.25) is 0 Å². The number of carbonyl (C=O) groups is 1. The lowest BCUT2D eigenvalue weighted by molar-refractivity contribution is 0.0697. The lowest BCUT2D eigenvalue weighted by atomic mass is 9.98. The predicted molar refractivity (Wildman–Crippen MR) is 83.6 cm³/mol. The van der Waals surface area contributed by atoms with Crippen molar-refractivity contribution in [2.75, 3.05) is 7.11 Å². The van der Waals surface area contributed by atoms with Gasteiger partial charge in [-0.15, -0.1) is 5.10 Å². The number of aromatic carboxylic acids is 1. The third-order valence-electron chi connectivity index (χ3n) is 3.27. The Morgan fingerprint density at radius 2 is 2.00 bits per heavy atom. The lowest BCUT2D eigenvalue weighted by Gasteiger charge is -2.11. The van der Waals surface area contributed by atoms with E-state index in [-0.39, 0.29) is 5.56 Å². The van der Waals surface area contributed by atoms with E-state index in [0.717, 1.165) is 0 Å².